The second-order valence-corrected chi connectivity index (χ2v) is 4.65. The first-order valence-corrected chi connectivity index (χ1v) is 6.14. The highest BCUT2D eigenvalue weighted by Gasteiger charge is 2.36. The Morgan fingerprint density at radius 2 is 2.32 bits per heavy atom. The number of aliphatic hydroxyl groups is 3. The lowest BCUT2D eigenvalue weighted by molar-refractivity contribution is -0.0437. The van der Waals surface area contributed by atoms with E-state index in [9.17, 15) is 10.2 Å². The predicted octanol–water partition coefficient (Wildman–Crippen LogP) is -0.989. The summed E-state index contributed by atoms with van der Waals surface area (Å²) < 4.78 is 7.27. The minimum Gasteiger partial charge on any atom is -0.394 e. The molecule has 1 unspecified atom stereocenters. The van der Waals surface area contributed by atoms with Gasteiger partial charge in [-0.1, -0.05) is 0 Å². The summed E-state index contributed by atoms with van der Waals surface area (Å²) in [7, 11) is 0. The van der Waals surface area contributed by atoms with Crippen LogP contribution in [0.1, 0.15) is 24.4 Å². The number of hydrogen-bond donors (Lipinski definition) is 4. The van der Waals surface area contributed by atoms with Gasteiger partial charge in [-0.25, -0.2) is 4.98 Å². The number of aliphatic hydroxyl groups excluding tert-OH is 3. The van der Waals surface area contributed by atoms with Gasteiger partial charge in [0.05, 0.1) is 31.9 Å². The summed E-state index contributed by atoms with van der Waals surface area (Å²) >= 11 is 0. The third kappa shape index (κ3) is 2.12. The Kier molecular flexibility index (Phi) is 3.23. The molecular weight excluding hydrogens is 252 g/mol. The van der Waals surface area contributed by atoms with E-state index in [-0.39, 0.29) is 13.2 Å². The zero-order valence-electron chi connectivity index (χ0n) is 10.2. The highest BCUT2D eigenvalue weighted by atomic mass is 16.5. The van der Waals surface area contributed by atoms with Crippen molar-refractivity contribution in [1.82, 2.24) is 9.55 Å². The summed E-state index contributed by atoms with van der Waals surface area (Å²) in [5.74, 6) is 0.601. The van der Waals surface area contributed by atoms with Crippen LogP contribution in [0, 0.1) is 0 Å². The molecule has 2 aliphatic heterocycles. The van der Waals surface area contributed by atoms with Gasteiger partial charge in [-0.2, -0.15) is 0 Å². The fraction of sp³-hybridized carbons (Fsp3) is 0.636. The standard InChI is InChI=1S/C11H16N4O4/c16-3-8-6(17)1-9(19-8)15-5-14-10-7(18)2-12-4-13-11(10)15/h4-9,16-18H,1-3H2,(H,12,13)/t6-,7?,8+,9-/m0/s1. The highest BCUT2D eigenvalue weighted by molar-refractivity contribution is 5.76. The molecular formula is C11H16N4O4. The van der Waals surface area contributed by atoms with Crippen molar-refractivity contribution >= 4 is 12.2 Å². The molecule has 0 aliphatic carbocycles. The molecule has 1 fully saturated rings. The van der Waals surface area contributed by atoms with Crippen LogP contribution in [-0.4, -0.2) is 56.6 Å². The number of anilines is 1. The first-order valence-electron chi connectivity index (χ1n) is 6.14. The Balaban J connectivity index is 1.89. The largest absolute Gasteiger partial charge is 0.394 e. The van der Waals surface area contributed by atoms with Crippen LogP contribution < -0.4 is 5.32 Å². The summed E-state index contributed by atoms with van der Waals surface area (Å²) in [6.07, 6.45) is 0.935. The molecule has 0 bridgehead atoms. The maximum absolute atomic E-state index is 9.89. The van der Waals surface area contributed by atoms with E-state index < -0.39 is 24.5 Å². The van der Waals surface area contributed by atoms with Gasteiger partial charge in [-0.15, -0.1) is 0 Å². The number of imidazole rings is 1. The Bertz CT molecular complexity index is 489. The van der Waals surface area contributed by atoms with Gasteiger partial charge >= 0.3 is 0 Å². The van der Waals surface area contributed by atoms with Gasteiger partial charge in [-0.05, 0) is 0 Å². The van der Waals surface area contributed by atoms with Crippen LogP contribution in [0.4, 0.5) is 5.82 Å². The zero-order chi connectivity index (χ0) is 13.4. The van der Waals surface area contributed by atoms with Crippen molar-refractivity contribution in [2.75, 3.05) is 18.5 Å². The summed E-state index contributed by atoms with van der Waals surface area (Å²) in [4.78, 5) is 8.15. The summed E-state index contributed by atoms with van der Waals surface area (Å²) in [5.41, 5.74) is 0.503. The number of fused-ring (bicyclic) bond motifs is 1. The molecule has 1 saturated heterocycles. The zero-order valence-corrected chi connectivity index (χ0v) is 10.2. The van der Waals surface area contributed by atoms with Gasteiger partial charge in [0.1, 0.15) is 29.9 Å². The number of rotatable bonds is 2. The molecule has 8 heteroatoms. The number of aliphatic imine (C=N–C) groups is 1. The van der Waals surface area contributed by atoms with Crippen molar-refractivity contribution < 1.29 is 20.1 Å². The Labute approximate surface area is 109 Å². The second-order valence-electron chi connectivity index (χ2n) is 4.65. The number of ether oxygens (including phenoxy) is 1. The lowest BCUT2D eigenvalue weighted by Gasteiger charge is -2.16. The third-order valence-electron chi connectivity index (χ3n) is 3.40. The van der Waals surface area contributed by atoms with Crippen molar-refractivity contribution in [3.05, 3.63) is 12.0 Å². The van der Waals surface area contributed by atoms with E-state index in [4.69, 9.17) is 9.84 Å². The molecule has 1 aromatic heterocycles. The van der Waals surface area contributed by atoms with Gasteiger partial charge in [-0.3, -0.25) is 9.56 Å². The van der Waals surface area contributed by atoms with E-state index in [1.807, 2.05) is 0 Å². The molecule has 0 spiro atoms. The second kappa shape index (κ2) is 4.89. The van der Waals surface area contributed by atoms with Crippen molar-refractivity contribution in [2.45, 2.75) is 31.0 Å². The maximum Gasteiger partial charge on any atom is 0.139 e. The fourth-order valence-electron chi connectivity index (χ4n) is 2.38. The van der Waals surface area contributed by atoms with E-state index in [0.29, 0.717) is 17.9 Å². The van der Waals surface area contributed by atoms with Crippen LogP contribution in [0.5, 0.6) is 0 Å². The van der Waals surface area contributed by atoms with Crippen molar-refractivity contribution in [3.8, 4) is 0 Å². The van der Waals surface area contributed by atoms with Crippen LogP contribution >= 0.6 is 0 Å². The fourth-order valence-corrected chi connectivity index (χ4v) is 2.38. The molecule has 4 atom stereocenters. The SMILES string of the molecule is OC[C@H]1O[C@H](n2cnc3c2NC=NCC3O)C[C@@H]1O. The number of hydrogen-bond acceptors (Lipinski definition) is 7. The molecule has 0 radical (unpaired) electrons. The van der Waals surface area contributed by atoms with Crippen LogP contribution in [0.3, 0.4) is 0 Å². The third-order valence-corrected chi connectivity index (χ3v) is 3.40. The van der Waals surface area contributed by atoms with Crippen molar-refractivity contribution in [2.24, 2.45) is 4.99 Å². The topological polar surface area (TPSA) is 112 Å². The van der Waals surface area contributed by atoms with Gasteiger partial charge in [0.15, 0.2) is 0 Å². The normalized spacial score (nSPS) is 33.8. The Hall–Kier alpha value is -1.48. The minimum absolute atomic E-state index is 0.230. The average molecular weight is 268 g/mol. The number of aromatic nitrogens is 2. The molecule has 8 nitrogen and oxygen atoms in total. The molecule has 4 N–H and O–H groups in total. The minimum atomic E-state index is -0.762. The van der Waals surface area contributed by atoms with Crippen molar-refractivity contribution in [3.63, 3.8) is 0 Å². The molecule has 3 heterocycles. The van der Waals surface area contributed by atoms with Gasteiger partial charge in [0.2, 0.25) is 0 Å². The van der Waals surface area contributed by atoms with E-state index in [1.54, 1.807) is 10.9 Å². The van der Waals surface area contributed by atoms with E-state index in [0.717, 1.165) is 0 Å². The Morgan fingerprint density at radius 3 is 3.05 bits per heavy atom. The average Bonchev–Trinajstić information content (AvgIpc) is 2.93. The molecule has 104 valence electrons. The number of nitrogens with one attached hydrogen (secondary N) is 1. The van der Waals surface area contributed by atoms with Gasteiger partial charge in [0, 0.05) is 6.42 Å². The molecule has 1 aromatic rings. The van der Waals surface area contributed by atoms with Gasteiger partial charge < -0.3 is 25.4 Å². The molecule has 0 aromatic carbocycles. The van der Waals surface area contributed by atoms with E-state index in [1.165, 1.54) is 6.34 Å². The van der Waals surface area contributed by atoms with Crippen LogP contribution in [-0.2, 0) is 4.74 Å². The highest BCUT2D eigenvalue weighted by Crippen LogP contribution is 2.34. The lowest BCUT2D eigenvalue weighted by Crippen LogP contribution is -2.24. The molecule has 2 aliphatic rings. The smallest absolute Gasteiger partial charge is 0.139 e. The first kappa shape index (κ1) is 12.5. The van der Waals surface area contributed by atoms with Crippen LogP contribution in [0.2, 0.25) is 0 Å². The van der Waals surface area contributed by atoms with E-state index in [2.05, 4.69) is 15.3 Å². The summed E-state index contributed by atoms with van der Waals surface area (Å²) in [6, 6.07) is 0. The maximum atomic E-state index is 9.89. The number of nitrogens with zero attached hydrogens (tertiary/aromatic N) is 3. The quantitative estimate of drug-likeness (QED) is 0.548. The summed E-state index contributed by atoms with van der Waals surface area (Å²) in [5, 5.41) is 31.7. The molecule has 0 saturated carbocycles. The predicted molar refractivity (Wildman–Crippen MR) is 65.8 cm³/mol. The monoisotopic (exact) mass is 268 g/mol. The molecule has 0 amide bonds. The first-order chi connectivity index (χ1) is 9.20. The molecule has 3 rings (SSSR count). The van der Waals surface area contributed by atoms with Crippen LogP contribution in [0.15, 0.2) is 11.3 Å². The van der Waals surface area contributed by atoms with Crippen LogP contribution in [0.25, 0.3) is 0 Å². The van der Waals surface area contributed by atoms with E-state index >= 15 is 0 Å². The van der Waals surface area contributed by atoms with Crippen molar-refractivity contribution in [1.29, 1.82) is 0 Å². The summed E-state index contributed by atoms with van der Waals surface area (Å²) in [6.45, 7) is 0.0243. The Morgan fingerprint density at radius 1 is 1.47 bits per heavy atom. The lowest BCUT2D eigenvalue weighted by atomic mass is 10.2. The molecule has 19 heavy (non-hydrogen) atoms. The van der Waals surface area contributed by atoms with Gasteiger partial charge in [0.25, 0.3) is 0 Å².